The Balaban J connectivity index is 1.56. The number of nitrogens with one attached hydrogen (secondary N) is 1. The molecule has 7 nitrogen and oxygen atoms in total. The maximum Gasteiger partial charge on any atom is 0.262 e. The second-order valence-corrected chi connectivity index (χ2v) is 6.94. The number of amides is 3. The lowest BCUT2D eigenvalue weighted by Crippen LogP contribution is -2.33. The van der Waals surface area contributed by atoms with Crippen molar-refractivity contribution in [2.24, 2.45) is 10.9 Å². The molecule has 0 saturated carbocycles. The van der Waals surface area contributed by atoms with Crippen LogP contribution in [-0.4, -0.2) is 46.9 Å². The van der Waals surface area contributed by atoms with E-state index in [0.717, 1.165) is 25.9 Å². The van der Waals surface area contributed by atoms with E-state index in [1.807, 2.05) is 4.90 Å². The molecular formula is C17H20N4O3S. The van der Waals surface area contributed by atoms with Gasteiger partial charge in [0.2, 0.25) is 11.8 Å². The highest BCUT2D eigenvalue weighted by atomic mass is 32.1. The van der Waals surface area contributed by atoms with Gasteiger partial charge >= 0.3 is 0 Å². The quantitative estimate of drug-likeness (QED) is 0.829. The maximum atomic E-state index is 12.4. The molecule has 3 rings (SSSR count). The standard InChI is InChI=1S/C17H20N4O3S/c22-14(21-8-3-1-2-4-9-21)10-12-11-25-17(19-12)20-16(24)13-6-5-7-18-15(13)23/h5-7,11,13H,1-4,8-10H2,(H,19,20,24). The number of anilines is 1. The molecule has 1 atom stereocenters. The minimum atomic E-state index is -0.920. The van der Waals surface area contributed by atoms with E-state index in [9.17, 15) is 14.4 Å². The third kappa shape index (κ3) is 4.60. The van der Waals surface area contributed by atoms with Gasteiger partial charge in [0.1, 0.15) is 5.92 Å². The molecule has 0 spiro atoms. The van der Waals surface area contributed by atoms with E-state index in [2.05, 4.69) is 15.3 Å². The first-order valence-electron chi connectivity index (χ1n) is 8.41. The van der Waals surface area contributed by atoms with Crippen molar-refractivity contribution in [3.8, 4) is 0 Å². The minimum absolute atomic E-state index is 0.0739. The lowest BCUT2D eigenvalue weighted by atomic mass is 10.1. The number of aliphatic imine (C=N–C) groups is 1. The van der Waals surface area contributed by atoms with Gasteiger partial charge < -0.3 is 10.2 Å². The Morgan fingerprint density at radius 2 is 2.00 bits per heavy atom. The second kappa shape index (κ2) is 8.15. The molecule has 1 unspecified atom stereocenters. The first-order chi connectivity index (χ1) is 12.1. The van der Waals surface area contributed by atoms with E-state index in [-0.39, 0.29) is 12.3 Å². The van der Waals surface area contributed by atoms with Crippen molar-refractivity contribution >= 4 is 40.4 Å². The van der Waals surface area contributed by atoms with Crippen molar-refractivity contribution in [1.82, 2.24) is 9.88 Å². The second-order valence-electron chi connectivity index (χ2n) is 6.08. The molecule has 3 amide bonds. The first-order valence-corrected chi connectivity index (χ1v) is 9.29. The van der Waals surface area contributed by atoms with Crippen LogP contribution in [0.4, 0.5) is 5.13 Å². The fraction of sp³-hybridized carbons (Fsp3) is 0.471. The van der Waals surface area contributed by atoms with Crippen molar-refractivity contribution in [3.63, 3.8) is 0 Å². The van der Waals surface area contributed by atoms with Crippen LogP contribution in [0.25, 0.3) is 0 Å². The zero-order chi connectivity index (χ0) is 17.6. The highest BCUT2D eigenvalue weighted by molar-refractivity contribution is 7.14. The highest BCUT2D eigenvalue weighted by Crippen LogP contribution is 2.19. The summed E-state index contributed by atoms with van der Waals surface area (Å²) in [6.07, 6.45) is 9.12. The Bertz CT molecular complexity index is 717. The molecule has 0 bridgehead atoms. The Morgan fingerprint density at radius 1 is 1.24 bits per heavy atom. The first kappa shape index (κ1) is 17.5. The van der Waals surface area contributed by atoms with E-state index in [1.54, 1.807) is 11.5 Å². The molecule has 2 aliphatic heterocycles. The smallest absolute Gasteiger partial charge is 0.262 e. The lowest BCUT2D eigenvalue weighted by Gasteiger charge is -2.19. The van der Waals surface area contributed by atoms with Crippen LogP contribution in [0, 0.1) is 5.92 Å². The number of hydrogen-bond donors (Lipinski definition) is 1. The van der Waals surface area contributed by atoms with Crippen LogP contribution in [0.1, 0.15) is 31.4 Å². The summed E-state index contributed by atoms with van der Waals surface area (Å²) in [6.45, 7) is 1.62. The van der Waals surface area contributed by atoms with Gasteiger partial charge in [0.05, 0.1) is 12.1 Å². The highest BCUT2D eigenvalue weighted by Gasteiger charge is 2.25. The molecule has 1 fully saturated rings. The van der Waals surface area contributed by atoms with Crippen LogP contribution >= 0.6 is 11.3 Å². The van der Waals surface area contributed by atoms with E-state index >= 15 is 0 Å². The Kier molecular flexibility index (Phi) is 5.70. The van der Waals surface area contributed by atoms with Crippen molar-refractivity contribution in [2.75, 3.05) is 18.4 Å². The molecule has 8 heteroatoms. The zero-order valence-electron chi connectivity index (χ0n) is 13.8. The largest absolute Gasteiger partial charge is 0.342 e. The van der Waals surface area contributed by atoms with Gasteiger partial charge in [-0.05, 0) is 18.9 Å². The van der Waals surface area contributed by atoms with E-state index < -0.39 is 17.7 Å². The average Bonchev–Trinajstić information content (AvgIpc) is 2.86. The number of dihydropyridines is 1. The monoisotopic (exact) mass is 360 g/mol. The summed E-state index contributed by atoms with van der Waals surface area (Å²) in [7, 11) is 0. The van der Waals surface area contributed by atoms with E-state index in [4.69, 9.17) is 0 Å². The summed E-state index contributed by atoms with van der Waals surface area (Å²) < 4.78 is 0. The summed E-state index contributed by atoms with van der Waals surface area (Å²) in [5, 5.41) is 4.78. The van der Waals surface area contributed by atoms with Crippen molar-refractivity contribution < 1.29 is 14.4 Å². The van der Waals surface area contributed by atoms with Gasteiger partial charge in [-0.3, -0.25) is 14.4 Å². The van der Waals surface area contributed by atoms with E-state index in [1.165, 1.54) is 36.5 Å². The summed E-state index contributed by atoms with van der Waals surface area (Å²) in [6, 6.07) is 0. The summed E-state index contributed by atoms with van der Waals surface area (Å²) in [4.78, 5) is 45.9. The summed E-state index contributed by atoms with van der Waals surface area (Å²) in [5.74, 6) is -1.80. The Hall–Kier alpha value is -2.35. The van der Waals surface area contributed by atoms with Gasteiger partial charge in [-0.1, -0.05) is 18.9 Å². The number of aromatic nitrogens is 1. The number of nitrogens with zero attached hydrogens (tertiary/aromatic N) is 3. The Labute approximate surface area is 149 Å². The predicted octanol–water partition coefficient (Wildman–Crippen LogP) is 1.81. The van der Waals surface area contributed by atoms with Gasteiger partial charge in [-0.15, -0.1) is 11.3 Å². The van der Waals surface area contributed by atoms with Crippen LogP contribution in [-0.2, 0) is 20.8 Å². The minimum Gasteiger partial charge on any atom is -0.342 e. The van der Waals surface area contributed by atoms with Crippen molar-refractivity contribution in [2.45, 2.75) is 32.1 Å². The summed E-state index contributed by atoms with van der Waals surface area (Å²) >= 11 is 1.25. The molecular weight excluding hydrogens is 340 g/mol. The molecule has 1 saturated heterocycles. The van der Waals surface area contributed by atoms with Gasteiger partial charge in [0.15, 0.2) is 5.13 Å². The fourth-order valence-corrected chi connectivity index (χ4v) is 3.57. The number of carbonyl (C=O) groups excluding carboxylic acids is 3. The van der Waals surface area contributed by atoms with Crippen LogP contribution in [0.5, 0.6) is 0 Å². The third-order valence-electron chi connectivity index (χ3n) is 4.21. The maximum absolute atomic E-state index is 12.4. The predicted molar refractivity (Wildman–Crippen MR) is 95.6 cm³/mol. The van der Waals surface area contributed by atoms with Crippen LogP contribution in [0.15, 0.2) is 22.5 Å². The van der Waals surface area contributed by atoms with Crippen LogP contribution < -0.4 is 5.32 Å². The van der Waals surface area contributed by atoms with Crippen LogP contribution in [0.2, 0.25) is 0 Å². The van der Waals surface area contributed by atoms with E-state index in [0.29, 0.717) is 10.8 Å². The zero-order valence-corrected chi connectivity index (χ0v) is 14.6. The Morgan fingerprint density at radius 3 is 2.72 bits per heavy atom. The number of allylic oxidation sites excluding steroid dienone is 1. The summed E-state index contributed by atoms with van der Waals surface area (Å²) in [5.41, 5.74) is 0.637. The average molecular weight is 360 g/mol. The molecule has 0 radical (unpaired) electrons. The topological polar surface area (TPSA) is 91.7 Å². The fourth-order valence-electron chi connectivity index (χ4n) is 2.86. The SMILES string of the molecule is O=C1N=CC=CC1C(=O)Nc1nc(CC(=O)N2CCCCCC2)cs1. The molecule has 2 aliphatic rings. The third-order valence-corrected chi connectivity index (χ3v) is 5.02. The molecule has 0 aliphatic carbocycles. The molecule has 1 aromatic heterocycles. The van der Waals surface area contributed by atoms with Crippen LogP contribution in [0.3, 0.4) is 0 Å². The van der Waals surface area contributed by atoms with Gasteiger partial charge in [0, 0.05) is 24.7 Å². The number of likely N-dealkylation sites (tertiary alicyclic amines) is 1. The number of carbonyl (C=O) groups is 3. The number of hydrogen-bond acceptors (Lipinski definition) is 5. The lowest BCUT2D eigenvalue weighted by molar-refractivity contribution is -0.130. The number of rotatable bonds is 4. The van der Waals surface area contributed by atoms with Gasteiger partial charge in [-0.25, -0.2) is 9.98 Å². The van der Waals surface area contributed by atoms with Crippen molar-refractivity contribution in [1.29, 1.82) is 0 Å². The molecule has 1 N–H and O–H groups in total. The molecule has 25 heavy (non-hydrogen) atoms. The van der Waals surface area contributed by atoms with Crippen molar-refractivity contribution in [3.05, 3.63) is 23.2 Å². The molecule has 132 valence electrons. The molecule has 1 aromatic rings. The number of thiazole rings is 1. The normalized spacial score (nSPS) is 20.4. The molecule has 0 aromatic carbocycles. The molecule has 3 heterocycles. The van der Waals surface area contributed by atoms with Gasteiger partial charge in [-0.2, -0.15) is 0 Å². The van der Waals surface area contributed by atoms with Gasteiger partial charge in [0.25, 0.3) is 5.91 Å².